The van der Waals surface area contributed by atoms with Gasteiger partial charge in [0.2, 0.25) is 5.91 Å². The number of pyridine rings is 1. The van der Waals surface area contributed by atoms with Crippen molar-refractivity contribution in [3.63, 3.8) is 0 Å². The predicted octanol–water partition coefficient (Wildman–Crippen LogP) is 2.13. The fourth-order valence-electron chi connectivity index (χ4n) is 1.55. The van der Waals surface area contributed by atoms with E-state index in [4.69, 9.17) is 5.11 Å². The lowest BCUT2D eigenvalue weighted by Crippen LogP contribution is -2.24. The van der Waals surface area contributed by atoms with Crippen LogP contribution in [0, 0.1) is 0 Å². The van der Waals surface area contributed by atoms with Gasteiger partial charge in [0.05, 0.1) is 6.04 Å². The number of carboxylic acids is 1. The number of carbonyl (C=O) groups excluding carboxylic acids is 1. The molecule has 6 nitrogen and oxygen atoms in total. The van der Waals surface area contributed by atoms with Crippen molar-refractivity contribution in [2.24, 2.45) is 0 Å². The summed E-state index contributed by atoms with van der Waals surface area (Å²) in [6.07, 6.45) is 6.36. The fraction of sp³-hybridized carbons (Fsp3) is 0.143. The molecule has 0 spiro atoms. The number of hydrogen-bond donors (Lipinski definition) is 2. The van der Waals surface area contributed by atoms with Crippen LogP contribution in [-0.2, 0) is 4.79 Å². The van der Waals surface area contributed by atoms with Gasteiger partial charge in [0.15, 0.2) is 5.69 Å². The molecule has 0 saturated carbocycles. The summed E-state index contributed by atoms with van der Waals surface area (Å²) in [6.45, 7) is 1.75. The van der Waals surface area contributed by atoms with Gasteiger partial charge in [0, 0.05) is 23.8 Å². The second-order valence-electron chi connectivity index (χ2n) is 4.23. The molecule has 21 heavy (non-hydrogen) atoms. The van der Waals surface area contributed by atoms with E-state index in [9.17, 15) is 9.59 Å². The minimum Gasteiger partial charge on any atom is -0.476 e. The average molecular weight is 303 g/mol. The molecule has 0 fully saturated rings. The zero-order valence-corrected chi connectivity index (χ0v) is 12.0. The summed E-state index contributed by atoms with van der Waals surface area (Å²) in [6, 6.07) is 3.26. The molecular formula is C14H13N3O3S. The molecule has 2 aromatic rings. The standard InChI is InChI=1S/C14H13N3O3S/c1-9(13-17-11(8-21-13)14(19)20)16-12(18)5-4-10-3-2-6-15-7-10/h2-9H,1H3,(H,16,18)(H,19,20). The van der Waals surface area contributed by atoms with Crippen LogP contribution in [-0.4, -0.2) is 27.0 Å². The van der Waals surface area contributed by atoms with Gasteiger partial charge in [-0.2, -0.15) is 0 Å². The van der Waals surface area contributed by atoms with Crippen LogP contribution in [0.3, 0.4) is 0 Å². The molecule has 2 rings (SSSR count). The number of aromatic carboxylic acids is 1. The quantitative estimate of drug-likeness (QED) is 0.825. The molecule has 0 aliphatic heterocycles. The summed E-state index contributed by atoms with van der Waals surface area (Å²) >= 11 is 1.20. The van der Waals surface area contributed by atoms with Crippen LogP contribution in [0.4, 0.5) is 0 Å². The zero-order chi connectivity index (χ0) is 15.2. The molecule has 1 unspecified atom stereocenters. The van der Waals surface area contributed by atoms with E-state index < -0.39 is 5.97 Å². The van der Waals surface area contributed by atoms with Gasteiger partial charge in [0.1, 0.15) is 5.01 Å². The van der Waals surface area contributed by atoms with E-state index in [-0.39, 0.29) is 17.6 Å². The number of thiazole rings is 1. The largest absolute Gasteiger partial charge is 0.476 e. The third-order valence-corrected chi connectivity index (χ3v) is 3.61. The Bertz CT molecular complexity index is 667. The SMILES string of the molecule is CC(NC(=O)C=Cc1cccnc1)c1nc(C(=O)O)cs1. The zero-order valence-electron chi connectivity index (χ0n) is 11.2. The second kappa shape index (κ2) is 6.76. The van der Waals surface area contributed by atoms with Crippen LogP contribution in [0.1, 0.15) is 34.0 Å². The van der Waals surface area contributed by atoms with Crippen LogP contribution < -0.4 is 5.32 Å². The van der Waals surface area contributed by atoms with E-state index in [2.05, 4.69) is 15.3 Å². The number of nitrogens with zero attached hydrogens (tertiary/aromatic N) is 2. The highest BCUT2D eigenvalue weighted by molar-refractivity contribution is 7.09. The lowest BCUT2D eigenvalue weighted by Gasteiger charge is -2.08. The number of rotatable bonds is 5. The Morgan fingerprint density at radius 3 is 2.90 bits per heavy atom. The van der Waals surface area contributed by atoms with Crippen LogP contribution in [0.15, 0.2) is 36.0 Å². The topological polar surface area (TPSA) is 92.2 Å². The molecule has 1 atom stereocenters. The van der Waals surface area contributed by atoms with Crippen molar-refractivity contribution in [3.8, 4) is 0 Å². The highest BCUT2D eigenvalue weighted by Gasteiger charge is 2.14. The number of nitrogens with one attached hydrogen (secondary N) is 1. The Kier molecular flexibility index (Phi) is 4.78. The van der Waals surface area contributed by atoms with Crippen molar-refractivity contribution in [3.05, 3.63) is 52.2 Å². The lowest BCUT2D eigenvalue weighted by molar-refractivity contribution is -0.117. The first kappa shape index (κ1) is 14.9. The molecule has 108 valence electrons. The van der Waals surface area contributed by atoms with E-state index >= 15 is 0 Å². The van der Waals surface area contributed by atoms with E-state index in [1.54, 1.807) is 31.5 Å². The second-order valence-corrected chi connectivity index (χ2v) is 5.12. The molecule has 0 aliphatic carbocycles. The first-order chi connectivity index (χ1) is 10.1. The molecule has 0 aromatic carbocycles. The Balaban J connectivity index is 1.95. The normalized spacial score (nSPS) is 12.2. The molecule has 0 bridgehead atoms. The van der Waals surface area contributed by atoms with Crippen LogP contribution in [0.2, 0.25) is 0 Å². The molecule has 1 amide bonds. The number of amides is 1. The fourth-order valence-corrected chi connectivity index (χ4v) is 2.35. The summed E-state index contributed by atoms with van der Waals surface area (Å²) in [5, 5.41) is 13.5. The third-order valence-electron chi connectivity index (χ3n) is 2.58. The molecular weight excluding hydrogens is 290 g/mol. The van der Waals surface area contributed by atoms with Gasteiger partial charge in [-0.05, 0) is 24.6 Å². The monoisotopic (exact) mass is 303 g/mol. The van der Waals surface area contributed by atoms with Crippen molar-refractivity contribution in [2.75, 3.05) is 0 Å². The molecule has 0 radical (unpaired) electrons. The summed E-state index contributed by atoms with van der Waals surface area (Å²) < 4.78 is 0. The maximum Gasteiger partial charge on any atom is 0.355 e. The minimum absolute atomic E-state index is 0.0120. The Labute approximate surface area is 125 Å². The number of carboxylic acid groups (broad SMARTS) is 1. The molecule has 2 heterocycles. The van der Waals surface area contributed by atoms with Gasteiger partial charge in [-0.3, -0.25) is 9.78 Å². The maximum atomic E-state index is 11.8. The van der Waals surface area contributed by atoms with Crippen molar-refractivity contribution in [1.82, 2.24) is 15.3 Å². The van der Waals surface area contributed by atoms with Gasteiger partial charge < -0.3 is 10.4 Å². The van der Waals surface area contributed by atoms with Crippen LogP contribution >= 0.6 is 11.3 Å². The van der Waals surface area contributed by atoms with Crippen LogP contribution in [0.5, 0.6) is 0 Å². The van der Waals surface area contributed by atoms with E-state index in [1.807, 2.05) is 6.07 Å². The molecule has 0 saturated heterocycles. The number of aromatic nitrogens is 2. The van der Waals surface area contributed by atoms with Gasteiger partial charge in [-0.15, -0.1) is 11.3 Å². The predicted molar refractivity (Wildman–Crippen MR) is 78.9 cm³/mol. The van der Waals surface area contributed by atoms with Crippen molar-refractivity contribution < 1.29 is 14.7 Å². The lowest BCUT2D eigenvalue weighted by atomic mass is 10.2. The van der Waals surface area contributed by atoms with E-state index in [1.165, 1.54) is 22.8 Å². The first-order valence-electron chi connectivity index (χ1n) is 6.13. The van der Waals surface area contributed by atoms with Gasteiger partial charge in [0.25, 0.3) is 0 Å². The van der Waals surface area contributed by atoms with Crippen molar-refractivity contribution >= 4 is 29.3 Å². The smallest absolute Gasteiger partial charge is 0.355 e. The third kappa shape index (κ3) is 4.22. The highest BCUT2D eigenvalue weighted by Crippen LogP contribution is 2.17. The number of carbonyl (C=O) groups is 2. The molecule has 0 aliphatic rings. The Morgan fingerprint density at radius 1 is 1.48 bits per heavy atom. The Hall–Kier alpha value is -2.54. The van der Waals surface area contributed by atoms with Crippen molar-refractivity contribution in [2.45, 2.75) is 13.0 Å². The molecule has 2 aromatic heterocycles. The highest BCUT2D eigenvalue weighted by atomic mass is 32.1. The van der Waals surface area contributed by atoms with E-state index in [0.717, 1.165) is 5.56 Å². The van der Waals surface area contributed by atoms with Crippen molar-refractivity contribution in [1.29, 1.82) is 0 Å². The van der Waals surface area contributed by atoms with Gasteiger partial charge in [-0.25, -0.2) is 9.78 Å². The summed E-state index contributed by atoms with van der Waals surface area (Å²) in [5.74, 6) is -1.36. The average Bonchev–Trinajstić information content (AvgIpc) is 2.96. The van der Waals surface area contributed by atoms with Gasteiger partial charge in [-0.1, -0.05) is 6.07 Å². The summed E-state index contributed by atoms with van der Waals surface area (Å²) in [4.78, 5) is 30.4. The summed E-state index contributed by atoms with van der Waals surface area (Å²) in [5.41, 5.74) is 0.810. The maximum absolute atomic E-state index is 11.8. The minimum atomic E-state index is -1.08. The van der Waals surface area contributed by atoms with Gasteiger partial charge >= 0.3 is 5.97 Å². The molecule has 2 N–H and O–H groups in total. The van der Waals surface area contributed by atoms with Crippen LogP contribution in [0.25, 0.3) is 6.08 Å². The molecule has 7 heteroatoms. The van der Waals surface area contributed by atoms with E-state index in [0.29, 0.717) is 5.01 Å². The Morgan fingerprint density at radius 2 is 2.29 bits per heavy atom. The summed E-state index contributed by atoms with van der Waals surface area (Å²) in [7, 11) is 0. The first-order valence-corrected chi connectivity index (χ1v) is 7.01. The number of hydrogen-bond acceptors (Lipinski definition) is 5.